The van der Waals surface area contributed by atoms with Gasteiger partial charge in [-0.25, -0.2) is 0 Å². The molecule has 4 N–H and O–H groups in total. The molecule has 5 nitrogen and oxygen atoms in total. The van der Waals surface area contributed by atoms with Gasteiger partial charge in [0.25, 0.3) is 0 Å². The fourth-order valence-electron chi connectivity index (χ4n) is 1.78. The third kappa shape index (κ3) is 2.28. The highest BCUT2D eigenvalue weighted by molar-refractivity contribution is 5.89. The normalized spacial score (nSPS) is 21.8. The zero-order valence-electron chi connectivity index (χ0n) is 9.32. The molecule has 0 radical (unpaired) electrons. The molecule has 15 heavy (non-hydrogen) atoms. The number of carbonyl (C=O) groups is 2. The minimum atomic E-state index is -0.613. The molecule has 1 rings (SSSR count). The van der Waals surface area contributed by atoms with Crippen LogP contribution < -0.4 is 11.5 Å². The van der Waals surface area contributed by atoms with E-state index in [1.165, 1.54) is 0 Å². The van der Waals surface area contributed by atoms with Crippen molar-refractivity contribution in [3.63, 3.8) is 0 Å². The number of nitrogens with two attached hydrogens (primary N) is 2. The van der Waals surface area contributed by atoms with Crippen molar-refractivity contribution in [1.82, 2.24) is 4.90 Å². The maximum atomic E-state index is 12.1. The van der Waals surface area contributed by atoms with Crippen molar-refractivity contribution in [3.8, 4) is 0 Å². The van der Waals surface area contributed by atoms with Gasteiger partial charge in [-0.15, -0.1) is 0 Å². The Balaban J connectivity index is 2.79. The molecule has 0 aromatic carbocycles. The highest BCUT2D eigenvalue weighted by Crippen LogP contribution is 2.24. The molecule has 0 bridgehead atoms. The predicted octanol–water partition coefficient (Wildman–Crippen LogP) is -0.552. The standard InChI is InChI=1S/C10H19N3O2/c1-10(2,6-11)9(15)13-5-3-4-7(13)8(12)14/h7H,3-6,11H2,1-2H3,(H2,12,14). The van der Waals surface area contributed by atoms with Gasteiger partial charge in [-0.2, -0.15) is 0 Å². The molecule has 1 fully saturated rings. The summed E-state index contributed by atoms with van der Waals surface area (Å²) in [5.41, 5.74) is 10.2. The second-order valence-corrected chi connectivity index (χ2v) is 4.65. The number of primary amides is 1. The van der Waals surface area contributed by atoms with Crippen molar-refractivity contribution in [1.29, 1.82) is 0 Å². The monoisotopic (exact) mass is 213 g/mol. The lowest BCUT2D eigenvalue weighted by Crippen LogP contribution is -2.50. The zero-order valence-corrected chi connectivity index (χ0v) is 9.32. The van der Waals surface area contributed by atoms with E-state index in [4.69, 9.17) is 11.5 Å². The Kier molecular flexibility index (Phi) is 3.34. The molecular formula is C10H19N3O2. The second kappa shape index (κ2) is 4.18. The van der Waals surface area contributed by atoms with Gasteiger partial charge in [-0.05, 0) is 26.7 Å². The van der Waals surface area contributed by atoms with Crippen molar-refractivity contribution in [2.75, 3.05) is 13.1 Å². The van der Waals surface area contributed by atoms with Gasteiger partial charge < -0.3 is 16.4 Å². The van der Waals surface area contributed by atoms with Gasteiger partial charge in [0.15, 0.2) is 0 Å². The van der Waals surface area contributed by atoms with E-state index in [2.05, 4.69) is 0 Å². The van der Waals surface area contributed by atoms with E-state index in [-0.39, 0.29) is 12.5 Å². The van der Waals surface area contributed by atoms with Crippen LogP contribution in [-0.4, -0.2) is 35.8 Å². The van der Waals surface area contributed by atoms with Gasteiger partial charge in [-0.3, -0.25) is 9.59 Å². The van der Waals surface area contributed by atoms with Gasteiger partial charge in [0.1, 0.15) is 6.04 Å². The predicted molar refractivity (Wildman–Crippen MR) is 56.8 cm³/mol. The molecule has 0 saturated carbocycles. The van der Waals surface area contributed by atoms with Crippen LogP contribution in [0, 0.1) is 5.41 Å². The first kappa shape index (κ1) is 12.0. The van der Waals surface area contributed by atoms with Crippen molar-refractivity contribution in [3.05, 3.63) is 0 Å². The molecule has 0 aliphatic carbocycles. The fourth-order valence-corrected chi connectivity index (χ4v) is 1.78. The summed E-state index contributed by atoms with van der Waals surface area (Å²) in [4.78, 5) is 24.7. The number of rotatable bonds is 3. The summed E-state index contributed by atoms with van der Waals surface area (Å²) in [6, 6.07) is -0.441. The third-order valence-corrected chi connectivity index (χ3v) is 2.93. The van der Waals surface area contributed by atoms with E-state index in [9.17, 15) is 9.59 Å². The van der Waals surface area contributed by atoms with E-state index in [0.717, 1.165) is 6.42 Å². The van der Waals surface area contributed by atoms with Crippen LogP contribution in [0.25, 0.3) is 0 Å². The molecular weight excluding hydrogens is 194 g/mol. The van der Waals surface area contributed by atoms with Crippen LogP contribution >= 0.6 is 0 Å². The Hall–Kier alpha value is -1.10. The van der Waals surface area contributed by atoms with E-state index in [1.54, 1.807) is 18.7 Å². The van der Waals surface area contributed by atoms with Crippen LogP contribution in [0.3, 0.4) is 0 Å². The smallest absolute Gasteiger partial charge is 0.240 e. The van der Waals surface area contributed by atoms with Crippen LogP contribution in [0.1, 0.15) is 26.7 Å². The first-order valence-corrected chi connectivity index (χ1v) is 5.20. The van der Waals surface area contributed by atoms with Crippen molar-refractivity contribution in [2.45, 2.75) is 32.7 Å². The molecule has 2 amide bonds. The van der Waals surface area contributed by atoms with Crippen molar-refractivity contribution >= 4 is 11.8 Å². The summed E-state index contributed by atoms with van der Waals surface area (Å²) in [6.07, 6.45) is 1.50. The van der Waals surface area contributed by atoms with Crippen LogP contribution in [0.4, 0.5) is 0 Å². The molecule has 86 valence electrons. The molecule has 1 aliphatic rings. The SMILES string of the molecule is CC(C)(CN)C(=O)N1CCCC1C(N)=O. The minimum absolute atomic E-state index is 0.0775. The largest absolute Gasteiger partial charge is 0.368 e. The van der Waals surface area contributed by atoms with E-state index >= 15 is 0 Å². The molecule has 0 spiro atoms. The molecule has 0 aromatic rings. The number of hydrogen-bond donors (Lipinski definition) is 2. The Bertz CT molecular complexity index is 276. The quantitative estimate of drug-likeness (QED) is 0.659. The maximum Gasteiger partial charge on any atom is 0.240 e. The lowest BCUT2D eigenvalue weighted by Gasteiger charge is -2.30. The summed E-state index contributed by atoms with van der Waals surface area (Å²) in [6.45, 7) is 4.45. The van der Waals surface area contributed by atoms with Crippen molar-refractivity contribution in [2.24, 2.45) is 16.9 Å². The molecule has 1 saturated heterocycles. The lowest BCUT2D eigenvalue weighted by molar-refractivity contribution is -0.144. The highest BCUT2D eigenvalue weighted by Gasteiger charge is 2.38. The second-order valence-electron chi connectivity index (χ2n) is 4.65. The van der Waals surface area contributed by atoms with Crippen LogP contribution in [0.15, 0.2) is 0 Å². The van der Waals surface area contributed by atoms with Crippen molar-refractivity contribution < 1.29 is 9.59 Å². The molecule has 1 aliphatic heterocycles. The summed E-state index contributed by atoms with van der Waals surface area (Å²) < 4.78 is 0. The average Bonchev–Trinajstić information content (AvgIpc) is 2.64. The molecule has 1 unspecified atom stereocenters. The number of nitrogens with zero attached hydrogens (tertiary/aromatic N) is 1. The molecule has 0 aromatic heterocycles. The summed E-state index contributed by atoms with van der Waals surface area (Å²) >= 11 is 0. The van der Waals surface area contributed by atoms with Crippen LogP contribution in [0.2, 0.25) is 0 Å². The number of likely N-dealkylation sites (tertiary alicyclic amines) is 1. The number of amides is 2. The topological polar surface area (TPSA) is 89.4 Å². The average molecular weight is 213 g/mol. The van der Waals surface area contributed by atoms with Gasteiger partial charge in [-0.1, -0.05) is 0 Å². The van der Waals surface area contributed by atoms with Gasteiger partial charge in [0.2, 0.25) is 11.8 Å². The first-order valence-electron chi connectivity index (χ1n) is 5.20. The Labute approximate surface area is 89.8 Å². The first-order chi connectivity index (χ1) is 6.90. The molecule has 1 atom stereocenters. The minimum Gasteiger partial charge on any atom is -0.368 e. The summed E-state index contributed by atoms with van der Waals surface area (Å²) in [7, 11) is 0. The maximum absolute atomic E-state index is 12.1. The summed E-state index contributed by atoms with van der Waals surface area (Å²) in [5.74, 6) is -0.500. The van der Waals surface area contributed by atoms with Crippen LogP contribution in [0.5, 0.6) is 0 Å². The number of hydrogen-bond acceptors (Lipinski definition) is 3. The van der Waals surface area contributed by atoms with Gasteiger partial charge in [0.05, 0.1) is 5.41 Å². The Morgan fingerprint density at radius 1 is 1.47 bits per heavy atom. The Morgan fingerprint density at radius 2 is 2.07 bits per heavy atom. The van der Waals surface area contributed by atoms with E-state index in [0.29, 0.717) is 13.0 Å². The zero-order chi connectivity index (χ0) is 11.6. The van der Waals surface area contributed by atoms with Crippen LogP contribution in [-0.2, 0) is 9.59 Å². The number of carbonyl (C=O) groups excluding carboxylic acids is 2. The fraction of sp³-hybridized carbons (Fsp3) is 0.800. The highest BCUT2D eigenvalue weighted by atomic mass is 16.2. The summed E-state index contributed by atoms with van der Waals surface area (Å²) in [5, 5.41) is 0. The van der Waals surface area contributed by atoms with E-state index < -0.39 is 17.4 Å². The molecule has 1 heterocycles. The Morgan fingerprint density at radius 3 is 2.53 bits per heavy atom. The lowest BCUT2D eigenvalue weighted by atomic mass is 9.91. The third-order valence-electron chi connectivity index (χ3n) is 2.93. The molecule has 5 heteroatoms. The van der Waals surface area contributed by atoms with Gasteiger partial charge >= 0.3 is 0 Å². The van der Waals surface area contributed by atoms with Gasteiger partial charge in [0, 0.05) is 13.1 Å². The van der Waals surface area contributed by atoms with E-state index in [1.807, 2.05) is 0 Å².